The molecular formula is C15H9Cl2NO2S2. The van der Waals surface area contributed by atoms with Crippen molar-refractivity contribution < 1.29 is 9.90 Å². The second-order valence-electron chi connectivity index (χ2n) is 4.48. The van der Waals surface area contributed by atoms with Gasteiger partial charge < -0.3 is 5.11 Å². The monoisotopic (exact) mass is 369 g/mol. The minimum absolute atomic E-state index is 0.576. The molecule has 1 aromatic heterocycles. The Bertz CT molecular complexity index is 833. The lowest BCUT2D eigenvalue weighted by atomic mass is 10.1. The molecule has 1 unspecified atom stereocenters. The number of hydrogen-bond acceptors (Lipinski definition) is 4. The van der Waals surface area contributed by atoms with Gasteiger partial charge in [0.25, 0.3) is 0 Å². The molecule has 0 aliphatic heterocycles. The summed E-state index contributed by atoms with van der Waals surface area (Å²) in [5, 5.41) is 9.94. The van der Waals surface area contributed by atoms with Gasteiger partial charge in [0.05, 0.1) is 10.2 Å². The minimum atomic E-state index is -0.912. The van der Waals surface area contributed by atoms with Crippen molar-refractivity contribution in [2.75, 3.05) is 0 Å². The second kappa shape index (κ2) is 6.46. The normalized spacial score (nSPS) is 12.5. The molecule has 22 heavy (non-hydrogen) atoms. The van der Waals surface area contributed by atoms with Crippen LogP contribution in [-0.4, -0.2) is 16.1 Å². The van der Waals surface area contributed by atoms with Gasteiger partial charge in [0.2, 0.25) is 0 Å². The van der Waals surface area contributed by atoms with Gasteiger partial charge in [-0.25, -0.2) is 4.98 Å². The summed E-state index contributed by atoms with van der Waals surface area (Å²) in [5.41, 5.74) is 1.46. The van der Waals surface area contributed by atoms with Crippen molar-refractivity contribution in [1.82, 2.24) is 4.98 Å². The van der Waals surface area contributed by atoms with Crippen LogP contribution in [-0.2, 0) is 4.79 Å². The molecule has 0 spiro atoms. The summed E-state index contributed by atoms with van der Waals surface area (Å²) < 4.78 is 1.67. The van der Waals surface area contributed by atoms with Gasteiger partial charge in [0, 0.05) is 10.0 Å². The van der Waals surface area contributed by atoms with E-state index in [9.17, 15) is 9.90 Å². The zero-order valence-corrected chi connectivity index (χ0v) is 14.1. The highest BCUT2D eigenvalue weighted by molar-refractivity contribution is 8.02. The van der Waals surface area contributed by atoms with Crippen LogP contribution in [0.4, 0.5) is 0 Å². The van der Waals surface area contributed by atoms with E-state index in [0.717, 1.165) is 10.2 Å². The maximum Gasteiger partial charge on any atom is 0.321 e. The van der Waals surface area contributed by atoms with Gasteiger partial charge in [-0.3, -0.25) is 4.79 Å². The molecule has 2 aromatic carbocycles. The fourth-order valence-corrected chi connectivity index (χ4v) is 4.40. The summed E-state index contributed by atoms with van der Waals surface area (Å²) in [6, 6.07) is 12.3. The van der Waals surface area contributed by atoms with Crippen LogP contribution in [0.1, 0.15) is 10.8 Å². The van der Waals surface area contributed by atoms with Gasteiger partial charge in [-0.05, 0) is 35.9 Å². The fourth-order valence-electron chi connectivity index (χ4n) is 1.93. The Morgan fingerprint density at radius 2 is 1.82 bits per heavy atom. The van der Waals surface area contributed by atoms with Gasteiger partial charge in [-0.2, -0.15) is 0 Å². The van der Waals surface area contributed by atoms with Gasteiger partial charge in [-0.1, -0.05) is 47.1 Å². The lowest BCUT2D eigenvalue weighted by Gasteiger charge is -2.10. The molecule has 3 rings (SSSR count). The molecule has 7 heteroatoms. The third kappa shape index (κ3) is 3.38. The molecular weight excluding hydrogens is 361 g/mol. The predicted octanol–water partition coefficient (Wildman–Crippen LogP) is 5.52. The van der Waals surface area contributed by atoms with Crippen molar-refractivity contribution in [3.63, 3.8) is 0 Å². The van der Waals surface area contributed by atoms with Gasteiger partial charge >= 0.3 is 5.97 Å². The van der Waals surface area contributed by atoms with E-state index in [2.05, 4.69) is 4.98 Å². The lowest BCUT2D eigenvalue weighted by molar-refractivity contribution is -0.136. The van der Waals surface area contributed by atoms with Crippen LogP contribution < -0.4 is 0 Å². The summed E-state index contributed by atoms with van der Waals surface area (Å²) >= 11 is 14.5. The number of fused-ring (bicyclic) bond motifs is 1. The molecule has 112 valence electrons. The maximum atomic E-state index is 11.6. The van der Waals surface area contributed by atoms with E-state index < -0.39 is 11.2 Å². The maximum absolute atomic E-state index is 11.6. The zero-order chi connectivity index (χ0) is 15.7. The Labute approximate surface area is 144 Å². The van der Waals surface area contributed by atoms with Crippen molar-refractivity contribution >= 4 is 62.5 Å². The van der Waals surface area contributed by atoms with Crippen LogP contribution in [0.5, 0.6) is 0 Å². The number of hydrogen-bond donors (Lipinski definition) is 1. The largest absolute Gasteiger partial charge is 0.480 e. The van der Waals surface area contributed by atoms with E-state index in [1.54, 1.807) is 36.4 Å². The topological polar surface area (TPSA) is 50.2 Å². The number of carbonyl (C=O) groups is 1. The number of aromatic nitrogens is 1. The van der Waals surface area contributed by atoms with E-state index in [0.29, 0.717) is 19.9 Å². The molecule has 0 radical (unpaired) electrons. The molecule has 0 amide bonds. The van der Waals surface area contributed by atoms with Crippen molar-refractivity contribution in [3.8, 4) is 0 Å². The Morgan fingerprint density at radius 1 is 1.14 bits per heavy atom. The molecule has 0 saturated heterocycles. The van der Waals surface area contributed by atoms with Gasteiger partial charge in [-0.15, -0.1) is 11.3 Å². The minimum Gasteiger partial charge on any atom is -0.480 e. The van der Waals surface area contributed by atoms with Crippen molar-refractivity contribution in [3.05, 3.63) is 58.1 Å². The average Bonchev–Trinajstić information content (AvgIpc) is 2.87. The third-order valence-corrected chi connectivity index (χ3v) is 5.80. The average molecular weight is 370 g/mol. The standard InChI is InChI=1S/C15H9Cl2NO2S2/c16-9-3-1-8(2-4-9)13(14(19)20)22-15-18-11-7-10(17)5-6-12(11)21-15/h1-7,13H,(H,19,20). The van der Waals surface area contributed by atoms with Crippen molar-refractivity contribution in [1.29, 1.82) is 0 Å². The first-order chi connectivity index (χ1) is 10.5. The molecule has 3 nitrogen and oxygen atoms in total. The number of halogens is 2. The molecule has 1 heterocycles. The van der Waals surface area contributed by atoms with Crippen LogP contribution >= 0.6 is 46.3 Å². The summed E-state index contributed by atoms with van der Waals surface area (Å²) in [7, 11) is 0. The lowest BCUT2D eigenvalue weighted by Crippen LogP contribution is -2.07. The van der Waals surface area contributed by atoms with Crippen LogP contribution in [0.2, 0.25) is 10.0 Å². The molecule has 0 bridgehead atoms. The Morgan fingerprint density at radius 3 is 2.50 bits per heavy atom. The van der Waals surface area contributed by atoms with Crippen molar-refractivity contribution in [2.45, 2.75) is 9.59 Å². The molecule has 1 N–H and O–H groups in total. The van der Waals surface area contributed by atoms with Gasteiger partial charge in [0.1, 0.15) is 5.25 Å². The van der Waals surface area contributed by atoms with Crippen molar-refractivity contribution in [2.24, 2.45) is 0 Å². The molecule has 0 aliphatic rings. The van der Waals surface area contributed by atoms with E-state index in [1.165, 1.54) is 23.1 Å². The molecule has 0 fully saturated rings. The highest BCUT2D eigenvalue weighted by atomic mass is 35.5. The smallest absolute Gasteiger partial charge is 0.321 e. The number of carboxylic acid groups (broad SMARTS) is 1. The second-order valence-corrected chi connectivity index (χ2v) is 7.74. The first kappa shape index (κ1) is 15.6. The Kier molecular flexibility index (Phi) is 4.59. The number of benzene rings is 2. The number of thioether (sulfide) groups is 1. The number of nitrogens with zero attached hydrogens (tertiary/aromatic N) is 1. The quantitative estimate of drug-likeness (QED) is 0.615. The fraction of sp³-hybridized carbons (Fsp3) is 0.0667. The molecule has 1 atom stereocenters. The highest BCUT2D eigenvalue weighted by Gasteiger charge is 2.23. The first-order valence-electron chi connectivity index (χ1n) is 6.24. The summed E-state index contributed by atoms with van der Waals surface area (Å²) in [4.78, 5) is 16.0. The van der Waals surface area contributed by atoms with Crippen LogP contribution in [0.15, 0.2) is 46.8 Å². The van der Waals surface area contributed by atoms with E-state index in [-0.39, 0.29) is 0 Å². The number of thiazole rings is 1. The summed E-state index contributed by atoms with van der Waals surface area (Å²) in [6.07, 6.45) is 0. The zero-order valence-electron chi connectivity index (χ0n) is 11.0. The predicted molar refractivity (Wildman–Crippen MR) is 92.3 cm³/mol. The number of rotatable bonds is 4. The van der Waals surface area contributed by atoms with E-state index in [1.807, 2.05) is 6.07 Å². The molecule has 3 aromatic rings. The Balaban J connectivity index is 1.92. The SMILES string of the molecule is O=C(O)C(Sc1nc2cc(Cl)ccc2s1)c1ccc(Cl)cc1. The van der Waals surface area contributed by atoms with E-state index >= 15 is 0 Å². The summed E-state index contributed by atoms with van der Waals surface area (Å²) in [6.45, 7) is 0. The Hall–Kier alpha value is -1.27. The first-order valence-corrected chi connectivity index (χ1v) is 8.69. The molecule has 0 aliphatic carbocycles. The highest BCUT2D eigenvalue weighted by Crippen LogP contribution is 2.40. The molecule has 0 saturated carbocycles. The van der Waals surface area contributed by atoms with E-state index in [4.69, 9.17) is 23.2 Å². The summed E-state index contributed by atoms with van der Waals surface area (Å²) in [5.74, 6) is -0.912. The van der Waals surface area contributed by atoms with Crippen LogP contribution in [0.3, 0.4) is 0 Å². The van der Waals surface area contributed by atoms with Gasteiger partial charge in [0.15, 0.2) is 4.34 Å². The number of aliphatic carboxylic acids is 1. The third-order valence-electron chi connectivity index (χ3n) is 2.95. The van der Waals surface area contributed by atoms with Crippen LogP contribution in [0, 0.1) is 0 Å². The number of carboxylic acids is 1. The van der Waals surface area contributed by atoms with Crippen LogP contribution in [0.25, 0.3) is 10.2 Å².